The van der Waals surface area contributed by atoms with Crippen LogP contribution in [0.15, 0.2) is 18.2 Å². The highest BCUT2D eigenvalue weighted by Gasteiger charge is 2.26. The van der Waals surface area contributed by atoms with E-state index < -0.39 is 6.23 Å². The molecule has 0 saturated carbocycles. The molecule has 1 fully saturated rings. The monoisotopic (exact) mass is 281 g/mol. The first-order chi connectivity index (χ1) is 9.65. The zero-order chi connectivity index (χ0) is 14.5. The number of ether oxygens (including phenoxy) is 3. The van der Waals surface area contributed by atoms with E-state index in [9.17, 15) is 9.90 Å². The lowest BCUT2D eigenvalue weighted by atomic mass is 10.1. The molecule has 1 aliphatic rings. The summed E-state index contributed by atoms with van der Waals surface area (Å²) in [5.74, 6) is 1.13. The van der Waals surface area contributed by atoms with E-state index >= 15 is 0 Å². The van der Waals surface area contributed by atoms with Crippen molar-refractivity contribution < 1.29 is 24.1 Å². The third kappa shape index (κ3) is 3.20. The molecule has 1 N–H and O–H groups in total. The third-order valence-electron chi connectivity index (χ3n) is 3.26. The fraction of sp³-hybridized carbons (Fsp3) is 0.500. The van der Waals surface area contributed by atoms with Crippen LogP contribution in [0.4, 0.5) is 0 Å². The number of morpholine rings is 1. The first-order valence-electron chi connectivity index (χ1n) is 6.42. The number of methoxy groups -OCH3 is 2. The average Bonchev–Trinajstić information content (AvgIpc) is 2.46. The number of nitrogens with zero attached hydrogens (tertiary/aromatic N) is 1. The molecule has 0 aromatic heterocycles. The summed E-state index contributed by atoms with van der Waals surface area (Å²) in [6.45, 7) is 0.638. The quantitative estimate of drug-likeness (QED) is 0.847. The van der Waals surface area contributed by atoms with Crippen LogP contribution in [0, 0.1) is 0 Å². The van der Waals surface area contributed by atoms with E-state index in [1.807, 2.05) is 18.2 Å². The zero-order valence-electron chi connectivity index (χ0n) is 11.7. The van der Waals surface area contributed by atoms with E-state index in [4.69, 9.17) is 14.2 Å². The fourth-order valence-electron chi connectivity index (χ4n) is 2.15. The molecule has 1 aromatic carbocycles. The lowest BCUT2D eigenvalue weighted by Gasteiger charge is -2.31. The summed E-state index contributed by atoms with van der Waals surface area (Å²) in [5.41, 5.74) is 1.01. The Labute approximate surface area is 117 Å². The van der Waals surface area contributed by atoms with Crippen LogP contribution in [-0.4, -0.2) is 56.1 Å². The van der Waals surface area contributed by atoms with Gasteiger partial charge in [0.25, 0.3) is 5.91 Å². The van der Waals surface area contributed by atoms with E-state index in [2.05, 4.69) is 0 Å². The van der Waals surface area contributed by atoms with E-state index in [1.54, 1.807) is 14.2 Å². The van der Waals surface area contributed by atoms with Crippen LogP contribution in [-0.2, 0) is 16.0 Å². The molecule has 0 bridgehead atoms. The number of carbonyl (C=O) groups is 1. The van der Waals surface area contributed by atoms with Gasteiger partial charge in [-0.2, -0.15) is 0 Å². The van der Waals surface area contributed by atoms with Gasteiger partial charge in [-0.1, -0.05) is 6.07 Å². The van der Waals surface area contributed by atoms with Gasteiger partial charge >= 0.3 is 0 Å². The summed E-state index contributed by atoms with van der Waals surface area (Å²) in [6.07, 6.45) is -0.236. The SMILES string of the molecule is COc1ccc(CCN2C(=O)COC[C@H]2O)cc1OC. The minimum absolute atomic E-state index is 0.0307. The van der Waals surface area contributed by atoms with E-state index in [-0.39, 0.29) is 19.1 Å². The standard InChI is InChI=1S/C14H19NO5/c1-18-11-4-3-10(7-12(11)19-2)5-6-15-13(16)8-20-9-14(15)17/h3-4,7,13,16H,5-6,8-9H2,1-2H3/t13-/m1/s1. The molecule has 6 nitrogen and oxygen atoms in total. The Morgan fingerprint density at radius 2 is 2.10 bits per heavy atom. The maximum Gasteiger partial charge on any atom is 0.250 e. The summed E-state index contributed by atoms with van der Waals surface area (Å²) >= 11 is 0. The topological polar surface area (TPSA) is 68.2 Å². The fourth-order valence-corrected chi connectivity index (χ4v) is 2.15. The van der Waals surface area contributed by atoms with Crippen molar-refractivity contribution in [2.45, 2.75) is 12.6 Å². The van der Waals surface area contributed by atoms with Gasteiger partial charge in [-0.25, -0.2) is 0 Å². The molecular formula is C14H19NO5. The van der Waals surface area contributed by atoms with Gasteiger partial charge in [0.1, 0.15) is 6.61 Å². The van der Waals surface area contributed by atoms with Crippen LogP contribution in [0.2, 0.25) is 0 Å². The van der Waals surface area contributed by atoms with Crippen LogP contribution in [0.5, 0.6) is 11.5 Å². The van der Waals surface area contributed by atoms with Crippen molar-refractivity contribution in [2.75, 3.05) is 34.0 Å². The molecule has 1 aliphatic heterocycles. The zero-order valence-corrected chi connectivity index (χ0v) is 11.7. The number of rotatable bonds is 5. The number of hydrogen-bond donors (Lipinski definition) is 1. The number of benzene rings is 1. The van der Waals surface area contributed by atoms with Crippen LogP contribution in [0.3, 0.4) is 0 Å². The molecule has 0 spiro atoms. The smallest absolute Gasteiger partial charge is 0.250 e. The third-order valence-corrected chi connectivity index (χ3v) is 3.26. The molecule has 1 heterocycles. The average molecular weight is 281 g/mol. The van der Waals surface area contributed by atoms with E-state index in [0.29, 0.717) is 24.5 Å². The molecular weight excluding hydrogens is 262 g/mol. The highest BCUT2D eigenvalue weighted by atomic mass is 16.5. The Kier molecular flexibility index (Phi) is 4.81. The molecule has 0 unspecified atom stereocenters. The van der Waals surface area contributed by atoms with Crippen LogP contribution >= 0.6 is 0 Å². The van der Waals surface area contributed by atoms with Gasteiger partial charge in [-0.15, -0.1) is 0 Å². The van der Waals surface area contributed by atoms with Crippen LogP contribution < -0.4 is 9.47 Å². The molecule has 6 heteroatoms. The second-order valence-corrected chi connectivity index (χ2v) is 4.52. The molecule has 1 atom stereocenters. The van der Waals surface area contributed by atoms with E-state index in [0.717, 1.165) is 5.56 Å². The van der Waals surface area contributed by atoms with Gasteiger partial charge in [-0.3, -0.25) is 4.79 Å². The molecule has 0 radical (unpaired) electrons. The maximum absolute atomic E-state index is 11.6. The molecule has 1 aromatic rings. The van der Waals surface area contributed by atoms with Crippen molar-refractivity contribution in [3.05, 3.63) is 23.8 Å². The number of hydrogen-bond acceptors (Lipinski definition) is 5. The van der Waals surface area contributed by atoms with Gasteiger partial charge < -0.3 is 24.2 Å². The largest absolute Gasteiger partial charge is 0.493 e. The second-order valence-electron chi connectivity index (χ2n) is 4.52. The molecule has 2 rings (SSSR count). The van der Waals surface area contributed by atoms with Crippen molar-refractivity contribution in [2.24, 2.45) is 0 Å². The van der Waals surface area contributed by atoms with Gasteiger partial charge in [0, 0.05) is 6.54 Å². The lowest BCUT2D eigenvalue weighted by Crippen LogP contribution is -2.50. The predicted molar refractivity (Wildman–Crippen MR) is 71.8 cm³/mol. The van der Waals surface area contributed by atoms with Crippen molar-refractivity contribution in [3.63, 3.8) is 0 Å². The Bertz CT molecular complexity index is 477. The Morgan fingerprint density at radius 3 is 2.75 bits per heavy atom. The predicted octanol–water partition coefficient (Wildman–Crippen LogP) is 0.423. The molecule has 20 heavy (non-hydrogen) atoms. The molecule has 1 saturated heterocycles. The van der Waals surface area contributed by atoms with Gasteiger partial charge in [0.2, 0.25) is 0 Å². The minimum Gasteiger partial charge on any atom is -0.493 e. The number of amides is 1. The number of aliphatic hydroxyl groups excluding tert-OH is 1. The summed E-state index contributed by atoms with van der Waals surface area (Å²) in [4.78, 5) is 13.1. The highest BCUT2D eigenvalue weighted by Crippen LogP contribution is 2.27. The van der Waals surface area contributed by atoms with Gasteiger partial charge in [0.15, 0.2) is 17.7 Å². The van der Waals surface area contributed by atoms with Gasteiger partial charge in [0.05, 0.1) is 20.8 Å². The number of aliphatic hydroxyl groups is 1. The Morgan fingerprint density at radius 1 is 1.35 bits per heavy atom. The number of carbonyl (C=O) groups excluding carboxylic acids is 1. The van der Waals surface area contributed by atoms with Crippen LogP contribution in [0.25, 0.3) is 0 Å². The lowest BCUT2D eigenvalue weighted by molar-refractivity contribution is -0.165. The van der Waals surface area contributed by atoms with Gasteiger partial charge in [-0.05, 0) is 24.1 Å². The van der Waals surface area contributed by atoms with Crippen molar-refractivity contribution in [1.82, 2.24) is 4.90 Å². The minimum atomic E-state index is -0.864. The maximum atomic E-state index is 11.6. The van der Waals surface area contributed by atoms with Crippen molar-refractivity contribution >= 4 is 5.91 Å². The summed E-state index contributed by atoms with van der Waals surface area (Å²) < 4.78 is 15.4. The Hall–Kier alpha value is -1.79. The summed E-state index contributed by atoms with van der Waals surface area (Å²) in [7, 11) is 3.16. The normalized spacial score (nSPS) is 19.1. The summed E-state index contributed by atoms with van der Waals surface area (Å²) in [5, 5.41) is 9.74. The van der Waals surface area contributed by atoms with Crippen molar-refractivity contribution in [3.8, 4) is 11.5 Å². The molecule has 110 valence electrons. The van der Waals surface area contributed by atoms with E-state index in [1.165, 1.54) is 4.90 Å². The highest BCUT2D eigenvalue weighted by molar-refractivity contribution is 5.78. The first-order valence-corrected chi connectivity index (χ1v) is 6.42. The van der Waals surface area contributed by atoms with Crippen molar-refractivity contribution in [1.29, 1.82) is 0 Å². The van der Waals surface area contributed by atoms with Crippen LogP contribution in [0.1, 0.15) is 5.56 Å². The molecule has 0 aliphatic carbocycles. The summed E-state index contributed by atoms with van der Waals surface area (Å²) in [6, 6.07) is 5.61. The Balaban J connectivity index is 2.01. The molecule has 1 amide bonds. The first kappa shape index (κ1) is 14.6. The second kappa shape index (κ2) is 6.58.